The van der Waals surface area contributed by atoms with Crippen molar-refractivity contribution in [3.63, 3.8) is 0 Å². The van der Waals surface area contributed by atoms with Gasteiger partial charge >= 0.3 is 5.97 Å². The number of nitrogens with one attached hydrogen (secondary N) is 5. The second kappa shape index (κ2) is 18.7. The molecule has 12 nitrogen and oxygen atoms in total. The van der Waals surface area contributed by atoms with Crippen molar-refractivity contribution in [1.29, 1.82) is 0 Å². The minimum atomic E-state index is -2.15. The molecule has 3 aliphatic carbocycles. The number of aliphatic hydroxyl groups is 1. The first-order valence-corrected chi connectivity index (χ1v) is 24.7. The Bertz CT molecular complexity index is 2240. The highest BCUT2D eigenvalue weighted by Crippen LogP contribution is 2.60. The van der Waals surface area contributed by atoms with Crippen LogP contribution >= 0.6 is 0 Å². The molecule has 0 radical (unpaired) electrons. The van der Waals surface area contributed by atoms with Crippen LogP contribution in [0.25, 0.3) is 0 Å². The molecule has 1 aromatic rings. The number of esters is 1. The zero-order valence-electron chi connectivity index (χ0n) is 39.0. The van der Waals surface area contributed by atoms with Crippen LogP contribution in [0.5, 0.6) is 0 Å². The van der Waals surface area contributed by atoms with Gasteiger partial charge in [0.25, 0.3) is 5.60 Å². The summed E-state index contributed by atoms with van der Waals surface area (Å²) in [6.07, 6.45) is 24.8. The average molecular weight is 889 g/mol. The maximum atomic E-state index is 15.5. The number of nitrogens with two attached hydrogens (primary N) is 1. The van der Waals surface area contributed by atoms with Crippen LogP contribution in [0.1, 0.15) is 131 Å². The summed E-state index contributed by atoms with van der Waals surface area (Å²) in [6, 6.07) is 5.67. The third-order valence-electron chi connectivity index (χ3n) is 16.5. The Labute approximate surface area is 385 Å². The van der Waals surface area contributed by atoms with Gasteiger partial charge in [-0.2, -0.15) is 0 Å². The lowest BCUT2D eigenvalue weighted by Gasteiger charge is -2.45. The first-order chi connectivity index (χ1) is 31.4. The normalized spacial score (nSPS) is 35.8. The van der Waals surface area contributed by atoms with Crippen molar-refractivity contribution in [2.24, 2.45) is 34.8 Å². The highest BCUT2D eigenvalue weighted by molar-refractivity contribution is 6.33. The lowest BCUT2D eigenvalue weighted by molar-refractivity contribution is -0.150. The molecule has 10 atom stereocenters. The van der Waals surface area contributed by atoms with Crippen LogP contribution in [0, 0.1) is 29.1 Å². The predicted octanol–water partition coefficient (Wildman–Crippen LogP) is 6.30. The number of cyclic esters (lactones) is 1. The van der Waals surface area contributed by atoms with Crippen molar-refractivity contribution in [3.8, 4) is 0 Å². The molecule has 9 rings (SSSR count). The van der Waals surface area contributed by atoms with E-state index in [0.29, 0.717) is 36.2 Å². The van der Waals surface area contributed by atoms with Crippen molar-refractivity contribution in [3.05, 3.63) is 105 Å². The molecular formula is C53H72N6O6. The fourth-order valence-electron chi connectivity index (χ4n) is 12.9. The number of epoxide rings is 1. The highest BCUT2D eigenvalue weighted by atomic mass is 16.7. The number of hydrogen-bond donors (Lipinski definition) is 7. The zero-order chi connectivity index (χ0) is 45.5. The van der Waals surface area contributed by atoms with Crippen molar-refractivity contribution in [2.75, 3.05) is 33.4 Å². The van der Waals surface area contributed by atoms with Crippen LogP contribution in [0.3, 0.4) is 0 Å². The van der Waals surface area contributed by atoms with Crippen LogP contribution in [-0.4, -0.2) is 85.6 Å². The molecule has 0 aromatic heterocycles. The molecule has 1 spiro atoms. The Hall–Kier alpha value is -4.33. The van der Waals surface area contributed by atoms with Crippen LogP contribution in [0.15, 0.2) is 88.5 Å². The number of hydrogen-bond acceptors (Lipinski definition) is 12. The van der Waals surface area contributed by atoms with E-state index in [1.165, 1.54) is 11.1 Å². The summed E-state index contributed by atoms with van der Waals surface area (Å²) in [5.41, 5.74) is 8.37. The number of ketones is 2. The Morgan fingerprint density at radius 1 is 1.08 bits per heavy atom. The predicted molar refractivity (Wildman–Crippen MR) is 252 cm³/mol. The molecule has 5 aliphatic heterocycles. The summed E-state index contributed by atoms with van der Waals surface area (Å²) in [5.74, 6) is 0.917. The molecule has 12 heteroatoms. The summed E-state index contributed by atoms with van der Waals surface area (Å²) >= 11 is 0. The Balaban J connectivity index is 1.07. The zero-order valence-corrected chi connectivity index (χ0v) is 39.0. The van der Waals surface area contributed by atoms with Gasteiger partial charge in [-0.1, -0.05) is 74.8 Å². The largest absolute Gasteiger partial charge is 0.463 e. The Kier molecular flexibility index (Phi) is 13.2. The van der Waals surface area contributed by atoms with E-state index < -0.39 is 28.7 Å². The summed E-state index contributed by atoms with van der Waals surface area (Å²) in [7, 11) is 1.96. The first-order valence-electron chi connectivity index (χ1n) is 24.7. The van der Waals surface area contributed by atoms with E-state index in [4.69, 9.17) is 15.2 Å². The summed E-state index contributed by atoms with van der Waals surface area (Å²) in [4.78, 5) is 45.9. The summed E-state index contributed by atoms with van der Waals surface area (Å²) in [6.45, 7) is 7.71. The number of ether oxygens (including phenoxy) is 2. The molecule has 4 bridgehead atoms. The maximum absolute atomic E-state index is 15.5. The van der Waals surface area contributed by atoms with E-state index >= 15 is 14.4 Å². The van der Waals surface area contributed by atoms with Gasteiger partial charge in [-0.05, 0) is 148 Å². The molecular weight excluding hydrogens is 817 g/mol. The molecule has 65 heavy (non-hydrogen) atoms. The number of dihydropyridines is 2. The number of aliphatic hydroxyl groups excluding tert-OH is 1. The van der Waals surface area contributed by atoms with Gasteiger partial charge in [-0.3, -0.25) is 9.59 Å². The first kappa shape index (κ1) is 45.8. The molecule has 350 valence electrons. The van der Waals surface area contributed by atoms with Crippen LogP contribution in [0.4, 0.5) is 0 Å². The van der Waals surface area contributed by atoms with Crippen LogP contribution < -0.4 is 32.3 Å². The van der Waals surface area contributed by atoms with Crippen molar-refractivity contribution in [1.82, 2.24) is 26.6 Å². The van der Waals surface area contributed by atoms with E-state index in [1.54, 1.807) is 6.07 Å². The van der Waals surface area contributed by atoms with E-state index in [0.717, 1.165) is 106 Å². The average Bonchev–Trinajstić information content (AvgIpc) is 4.01. The van der Waals surface area contributed by atoms with Gasteiger partial charge in [0, 0.05) is 42.3 Å². The van der Waals surface area contributed by atoms with Crippen molar-refractivity contribution < 1.29 is 29.0 Å². The van der Waals surface area contributed by atoms with E-state index in [-0.39, 0.29) is 60.5 Å². The van der Waals surface area contributed by atoms with E-state index in [2.05, 4.69) is 64.7 Å². The number of Topliss-reactive ketones (excluding diaryl/α,β-unsaturated/α-hetero) is 2. The van der Waals surface area contributed by atoms with E-state index in [1.807, 2.05) is 38.4 Å². The van der Waals surface area contributed by atoms with Crippen molar-refractivity contribution in [2.45, 2.75) is 140 Å². The smallest absolute Gasteiger partial charge is 0.350 e. The summed E-state index contributed by atoms with van der Waals surface area (Å²) < 4.78 is 12.9. The fourth-order valence-corrected chi connectivity index (χ4v) is 12.9. The Morgan fingerprint density at radius 2 is 1.94 bits per heavy atom. The van der Waals surface area contributed by atoms with Gasteiger partial charge in [0.1, 0.15) is 5.82 Å². The van der Waals surface area contributed by atoms with Gasteiger partial charge < -0.3 is 46.9 Å². The van der Waals surface area contributed by atoms with Gasteiger partial charge in [0.05, 0.1) is 25.5 Å². The van der Waals surface area contributed by atoms with Gasteiger partial charge in [-0.15, -0.1) is 0 Å². The van der Waals surface area contributed by atoms with E-state index in [9.17, 15) is 5.11 Å². The summed E-state index contributed by atoms with van der Waals surface area (Å²) in [5, 5.41) is 28.4. The third-order valence-corrected chi connectivity index (χ3v) is 16.5. The SMILES string of the molecule is CCN[C@H]1C[C@H]2C=CC[C@@H]3CCCC[C@](C)(CC4=CNC(N)C=C4)Cc4cccc5c4C(=O)[C@]4(O[C@@]4(C/C(CO)=C(\C)CCC4=CCNC6=C4CC[C@@H](NC)N6)C5=O)C(=O)OC[C@H]1C[C@H]32. The lowest BCUT2D eigenvalue weighted by Crippen LogP contribution is -2.52. The van der Waals surface area contributed by atoms with Gasteiger partial charge in [0.2, 0.25) is 5.78 Å². The molecule has 5 heterocycles. The molecule has 1 saturated heterocycles. The van der Waals surface area contributed by atoms with Gasteiger partial charge in [0.15, 0.2) is 11.4 Å². The standard InChI is InChI=1S/C53H72N6O6/c1-5-56-43-25-36-12-8-11-34-10-6-7-22-51(3,26-33-16-19-44(54)58-29-33)27-37-13-9-14-41-46(37)48(62)53(50(63)64-31-38(43)24-42(34)36)52(65-53,47(41)61)28-39(30-60)32(2)15-17-35-21-23-57-49-40(35)18-20-45(55-4)59-49/h8-9,12-14,16,19,21,29,34,36,38,42-45,55-60H,5-7,10-11,15,17-18,20,22-28,30-31,54H2,1-4H3/b39-32-/t34-,36+,38+,42+,43-,44?,45-,51+,52-,53-/m0/s1. The Morgan fingerprint density at radius 3 is 2.72 bits per heavy atom. The molecule has 8 N–H and O–H groups in total. The molecule has 1 aromatic carbocycles. The fraction of sp³-hybridized carbons (Fsp3) is 0.604. The van der Waals surface area contributed by atoms with Crippen LogP contribution in [-0.2, 0) is 20.7 Å². The maximum Gasteiger partial charge on any atom is 0.350 e. The minimum absolute atomic E-state index is 0.0482. The highest BCUT2D eigenvalue weighted by Gasteiger charge is 2.86. The number of rotatable bonds is 11. The molecule has 1 unspecified atom stereocenters. The quantitative estimate of drug-likeness (QED) is 0.0572. The molecule has 1 saturated carbocycles. The number of carbonyl (C=O) groups is 3. The number of carbonyl (C=O) groups excluding carboxylic acids is 3. The topological polar surface area (TPSA) is 179 Å². The van der Waals surface area contributed by atoms with Crippen molar-refractivity contribution >= 4 is 17.5 Å². The molecule has 8 aliphatic rings. The minimum Gasteiger partial charge on any atom is -0.463 e. The lowest BCUT2D eigenvalue weighted by atomic mass is 9.63. The molecule has 0 amide bonds. The second-order valence-electron chi connectivity index (χ2n) is 20.7. The van der Waals surface area contributed by atoms with Gasteiger partial charge in [-0.25, -0.2) is 4.79 Å². The number of allylic oxidation sites excluding steroid dienone is 7. The third kappa shape index (κ3) is 8.63. The number of benzene rings is 1. The molecule has 2 fully saturated rings. The second-order valence-corrected chi connectivity index (χ2v) is 20.7. The van der Waals surface area contributed by atoms with Crippen LogP contribution in [0.2, 0.25) is 0 Å². The monoisotopic (exact) mass is 889 g/mol. The number of fused-ring (bicyclic) bond motifs is 1.